The van der Waals surface area contributed by atoms with E-state index in [9.17, 15) is 19.2 Å². The molecule has 0 unspecified atom stereocenters. The van der Waals surface area contributed by atoms with Gasteiger partial charge in [0.15, 0.2) is 0 Å². The van der Waals surface area contributed by atoms with E-state index in [1.807, 2.05) is 0 Å². The SMILES string of the molecule is [B]=CN1C(=O)c2c(Br)c(Br)c3c4c(c5nc6ccccc6nc5c(c24)C1=O)C(=O)NC3=O. The summed E-state index contributed by atoms with van der Waals surface area (Å²) in [5, 5.41) is 2.66. The zero-order valence-corrected chi connectivity index (χ0v) is 18.9. The molecule has 0 spiro atoms. The van der Waals surface area contributed by atoms with Gasteiger partial charge in [-0.05, 0) is 0 Å². The second-order valence-electron chi connectivity index (χ2n) is 7.20. The number of hydrogen-bond donors (Lipinski definition) is 1. The predicted molar refractivity (Wildman–Crippen MR) is 124 cm³/mol. The van der Waals surface area contributed by atoms with E-state index in [1.165, 1.54) is 0 Å². The summed E-state index contributed by atoms with van der Waals surface area (Å²) < 4.78 is 0.527. The van der Waals surface area contributed by atoms with Gasteiger partial charge < -0.3 is 0 Å². The molecule has 3 heterocycles. The third-order valence-corrected chi connectivity index (χ3v) is 7.74. The molecule has 0 saturated heterocycles. The van der Waals surface area contributed by atoms with Crippen molar-refractivity contribution in [1.29, 1.82) is 0 Å². The normalized spacial score (nSPS) is 15.1. The molecule has 1 aromatic heterocycles. The molecule has 2 aliphatic rings. The van der Waals surface area contributed by atoms with Gasteiger partial charge >= 0.3 is 197 Å². The number of rotatable bonds is 1. The van der Waals surface area contributed by atoms with E-state index in [1.54, 1.807) is 24.3 Å². The van der Waals surface area contributed by atoms with Crippen LogP contribution in [0.1, 0.15) is 41.4 Å². The van der Waals surface area contributed by atoms with Crippen molar-refractivity contribution in [3.05, 3.63) is 55.5 Å². The molecule has 0 fully saturated rings. The topological polar surface area (TPSA) is 109 Å². The summed E-state index contributed by atoms with van der Waals surface area (Å²) >= 11 is 6.74. The van der Waals surface area contributed by atoms with Crippen LogP contribution in [0.25, 0.3) is 32.8 Å². The molecule has 4 amide bonds. The molecule has 6 rings (SSSR count). The summed E-state index contributed by atoms with van der Waals surface area (Å²) in [6, 6.07) is 7.00. The third kappa shape index (κ3) is 2.19. The second kappa shape index (κ2) is 6.36. The molecule has 0 bridgehead atoms. The van der Waals surface area contributed by atoms with Gasteiger partial charge in [0.2, 0.25) is 0 Å². The Hall–Kier alpha value is -3.31. The van der Waals surface area contributed by atoms with E-state index in [2.05, 4.69) is 47.1 Å². The quantitative estimate of drug-likeness (QED) is 0.223. The summed E-state index contributed by atoms with van der Waals surface area (Å²) in [6.45, 7) is 0. The van der Waals surface area contributed by atoms with Gasteiger partial charge in [-0.2, -0.15) is 0 Å². The molecule has 1 radical (unpaired) electrons. The zero-order valence-electron chi connectivity index (χ0n) is 15.7. The number of benzene rings is 3. The van der Waals surface area contributed by atoms with E-state index < -0.39 is 23.6 Å². The third-order valence-electron chi connectivity index (χ3n) is 5.62. The molecule has 4 aromatic rings. The van der Waals surface area contributed by atoms with Crippen molar-refractivity contribution in [2.45, 2.75) is 0 Å². The first kappa shape index (κ1) is 19.4. The molecule has 151 valence electrons. The molecule has 3 aromatic carbocycles. The Bertz CT molecular complexity index is 1680. The number of para-hydroxylation sites is 2. The van der Waals surface area contributed by atoms with Crippen LogP contribution in [0.4, 0.5) is 0 Å². The molecule has 0 atom stereocenters. The average Bonchev–Trinajstić information content (AvgIpc) is 2.76. The fourth-order valence-corrected chi connectivity index (χ4v) is 5.46. The molecule has 0 aliphatic carbocycles. The Labute approximate surface area is 196 Å². The fraction of sp³-hybridized carbons (Fsp3) is 0. The molecule has 0 saturated carbocycles. The number of carbonyl (C=O) groups excluding carboxylic acids is 4. The van der Waals surface area contributed by atoms with Gasteiger partial charge in [-0.1, -0.05) is 0 Å². The molecule has 32 heavy (non-hydrogen) atoms. The second-order valence-corrected chi connectivity index (χ2v) is 8.79. The maximum absolute atomic E-state index is 13.4. The standard InChI is InChI=1S/C21H6BBr2N4O4/c22-5-28-20(31)11-9-8-10(14(23)15(11)24)18(29)27-19(30)12(8)16-17(13(9)21(28)32)26-7-4-2-1-3-6(7)25-16/h1-5H,(H,27,29,30). The number of aromatic nitrogens is 2. The number of halogens is 2. The van der Waals surface area contributed by atoms with Gasteiger partial charge in [-0.15, -0.1) is 0 Å². The average molecular weight is 549 g/mol. The molecule has 2 aliphatic heterocycles. The van der Waals surface area contributed by atoms with E-state index in [-0.39, 0.29) is 53.0 Å². The van der Waals surface area contributed by atoms with Crippen LogP contribution < -0.4 is 5.32 Å². The van der Waals surface area contributed by atoms with Crippen molar-refractivity contribution >= 4 is 102 Å². The zero-order chi connectivity index (χ0) is 22.5. The summed E-state index contributed by atoms with van der Waals surface area (Å²) in [5.74, 6) is -2.75. The van der Waals surface area contributed by atoms with Crippen molar-refractivity contribution in [3.63, 3.8) is 0 Å². The number of nitrogens with zero attached hydrogens (tertiary/aromatic N) is 3. The minimum absolute atomic E-state index is 0.0465. The van der Waals surface area contributed by atoms with Crippen LogP contribution in [0.15, 0.2) is 33.2 Å². The van der Waals surface area contributed by atoms with Gasteiger partial charge in [0.1, 0.15) is 0 Å². The van der Waals surface area contributed by atoms with Crippen molar-refractivity contribution < 1.29 is 19.2 Å². The van der Waals surface area contributed by atoms with Crippen molar-refractivity contribution in [1.82, 2.24) is 20.2 Å². The van der Waals surface area contributed by atoms with Crippen LogP contribution in [0.2, 0.25) is 0 Å². The first-order valence-corrected chi connectivity index (χ1v) is 10.8. The van der Waals surface area contributed by atoms with E-state index in [4.69, 9.17) is 7.49 Å². The molecule has 11 heteroatoms. The first-order valence-electron chi connectivity index (χ1n) is 9.20. The van der Waals surface area contributed by atoms with Crippen LogP contribution in [-0.2, 0) is 0 Å². The van der Waals surface area contributed by atoms with Crippen LogP contribution in [0.5, 0.6) is 0 Å². The summed E-state index contributed by atoms with van der Waals surface area (Å²) in [5.41, 5.74) is 1.63. The van der Waals surface area contributed by atoms with Crippen molar-refractivity contribution in [2.24, 2.45) is 0 Å². The summed E-state index contributed by atoms with van der Waals surface area (Å²) in [7, 11) is 5.61. The molecular weight excluding hydrogens is 543 g/mol. The Balaban J connectivity index is 2.02. The Morgan fingerprint density at radius 2 is 1.28 bits per heavy atom. The molecule has 8 nitrogen and oxygen atoms in total. The number of amides is 4. The van der Waals surface area contributed by atoms with E-state index >= 15 is 0 Å². The number of hydrogen-bond acceptors (Lipinski definition) is 6. The molecule has 1 N–H and O–H groups in total. The monoisotopic (exact) mass is 547 g/mol. The van der Waals surface area contributed by atoms with Gasteiger partial charge in [0.25, 0.3) is 0 Å². The van der Waals surface area contributed by atoms with Gasteiger partial charge in [0, 0.05) is 0 Å². The minimum atomic E-state index is -0.718. The van der Waals surface area contributed by atoms with Crippen LogP contribution in [0, 0.1) is 0 Å². The number of fused-ring (bicyclic) bond motifs is 4. The van der Waals surface area contributed by atoms with Gasteiger partial charge in [-0.25, -0.2) is 0 Å². The Kier molecular flexibility index (Phi) is 3.85. The van der Waals surface area contributed by atoms with Gasteiger partial charge in [-0.3, -0.25) is 0 Å². The summed E-state index contributed by atoms with van der Waals surface area (Å²) in [4.78, 5) is 62.4. The Morgan fingerprint density at radius 3 is 1.91 bits per heavy atom. The number of imide groups is 2. The van der Waals surface area contributed by atoms with E-state index in [0.717, 1.165) is 11.0 Å². The summed E-state index contributed by atoms with van der Waals surface area (Å²) in [6.07, 6.45) is 0.881. The van der Waals surface area contributed by atoms with E-state index in [0.29, 0.717) is 11.0 Å². The number of nitrogens with one attached hydrogen (secondary N) is 1. The Morgan fingerprint density at radius 1 is 0.781 bits per heavy atom. The van der Waals surface area contributed by atoms with Crippen molar-refractivity contribution in [2.75, 3.05) is 0 Å². The fourth-order valence-electron chi connectivity index (χ4n) is 4.31. The molecular formula is C21H6BBr2N4O4. The van der Waals surface area contributed by atoms with Crippen LogP contribution in [0.3, 0.4) is 0 Å². The number of carbonyl (C=O) groups is 4. The predicted octanol–water partition coefficient (Wildman–Crippen LogP) is 2.87. The van der Waals surface area contributed by atoms with Crippen LogP contribution in [-0.4, -0.2) is 52.1 Å². The van der Waals surface area contributed by atoms with Gasteiger partial charge in [0.05, 0.1) is 0 Å². The van der Waals surface area contributed by atoms with Crippen molar-refractivity contribution in [3.8, 4) is 0 Å². The van der Waals surface area contributed by atoms with Crippen LogP contribution >= 0.6 is 31.9 Å². The first-order chi connectivity index (χ1) is 15.3. The maximum atomic E-state index is 13.4.